The van der Waals surface area contributed by atoms with Crippen LogP contribution < -0.4 is 0 Å². The summed E-state index contributed by atoms with van der Waals surface area (Å²) in [5.41, 5.74) is -0.241. The lowest BCUT2D eigenvalue weighted by atomic mass is 9.61. The Morgan fingerprint density at radius 3 is 2.45 bits per heavy atom. The molecule has 0 aliphatic heterocycles. The lowest BCUT2D eigenvalue weighted by Crippen LogP contribution is -2.58. The van der Waals surface area contributed by atoms with Crippen LogP contribution in [0.1, 0.15) is 27.7 Å². The summed E-state index contributed by atoms with van der Waals surface area (Å²) in [5, 5.41) is 0. The van der Waals surface area contributed by atoms with E-state index in [9.17, 15) is 4.79 Å². The standard InChI is InChI=1S/C9H16O2/c1-5-11-8-6(2)7(10)9(8,3)4/h6,8H,5H2,1-4H3/t6-,8-/m1/s1. The van der Waals surface area contributed by atoms with E-state index < -0.39 is 0 Å². The predicted molar refractivity (Wildman–Crippen MR) is 43.4 cm³/mol. The Morgan fingerprint density at radius 2 is 2.09 bits per heavy atom. The lowest BCUT2D eigenvalue weighted by molar-refractivity contribution is -0.171. The summed E-state index contributed by atoms with van der Waals surface area (Å²) < 4.78 is 5.45. The predicted octanol–water partition coefficient (Wildman–Crippen LogP) is 1.64. The second-order valence-corrected chi connectivity index (χ2v) is 3.75. The van der Waals surface area contributed by atoms with Gasteiger partial charge in [-0.15, -0.1) is 0 Å². The van der Waals surface area contributed by atoms with Gasteiger partial charge in [-0.3, -0.25) is 4.79 Å². The number of carbonyl (C=O) groups is 1. The first kappa shape index (κ1) is 8.72. The Hall–Kier alpha value is -0.370. The van der Waals surface area contributed by atoms with E-state index in [1.165, 1.54) is 0 Å². The summed E-state index contributed by atoms with van der Waals surface area (Å²) in [7, 11) is 0. The van der Waals surface area contributed by atoms with Gasteiger partial charge < -0.3 is 4.74 Å². The van der Waals surface area contributed by atoms with Crippen LogP contribution in [0, 0.1) is 11.3 Å². The minimum Gasteiger partial charge on any atom is -0.377 e. The molecule has 0 aromatic rings. The van der Waals surface area contributed by atoms with Crippen molar-refractivity contribution in [2.75, 3.05) is 6.61 Å². The third kappa shape index (κ3) is 1.09. The molecule has 0 aromatic heterocycles. The molecule has 0 unspecified atom stereocenters. The molecule has 0 radical (unpaired) electrons. The number of Topliss-reactive ketones (excluding diaryl/α,β-unsaturated/α-hetero) is 1. The Balaban J connectivity index is 2.61. The van der Waals surface area contributed by atoms with E-state index in [1.54, 1.807) is 0 Å². The minimum atomic E-state index is -0.241. The largest absolute Gasteiger partial charge is 0.377 e. The van der Waals surface area contributed by atoms with Crippen molar-refractivity contribution in [1.82, 2.24) is 0 Å². The molecule has 0 aromatic carbocycles. The van der Waals surface area contributed by atoms with Crippen molar-refractivity contribution in [3.05, 3.63) is 0 Å². The van der Waals surface area contributed by atoms with Crippen LogP contribution in [0.15, 0.2) is 0 Å². The number of ketones is 1. The number of hydrogen-bond acceptors (Lipinski definition) is 2. The van der Waals surface area contributed by atoms with Crippen molar-refractivity contribution in [1.29, 1.82) is 0 Å². The molecule has 0 N–H and O–H groups in total. The molecule has 0 spiro atoms. The zero-order valence-electron chi connectivity index (χ0n) is 7.68. The molecule has 1 aliphatic rings. The fourth-order valence-corrected chi connectivity index (χ4v) is 1.93. The fourth-order valence-electron chi connectivity index (χ4n) is 1.93. The fraction of sp³-hybridized carbons (Fsp3) is 0.889. The molecule has 0 amide bonds. The first-order valence-corrected chi connectivity index (χ1v) is 4.17. The van der Waals surface area contributed by atoms with E-state index in [-0.39, 0.29) is 17.4 Å². The van der Waals surface area contributed by atoms with Crippen LogP contribution in [0.25, 0.3) is 0 Å². The normalized spacial score (nSPS) is 35.1. The zero-order chi connectivity index (χ0) is 8.65. The van der Waals surface area contributed by atoms with Gasteiger partial charge in [-0.1, -0.05) is 20.8 Å². The topological polar surface area (TPSA) is 26.3 Å². The van der Waals surface area contributed by atoms with Crippen LogP contribution in [-0.2, 0) is 9.53 Å². The Labute approximate surface area is 67.9 Å². The van der Waals surface area contributed by atoms with Gasteiger partial charge >= 0.3 is 0 Å². The molecule has 2 heteroatoms. The van der Waals surface area contributed by atoms with Crippen molar-refractivity contribution in [2.45, 2.75) is 33.8 Å². The summed E-state index contributed by atoms with van der Waals surface area (Å²) in [6, 6.07) is 0. The van der Waals surface area contributed by atoms with E-state index in [4.69, 9.17) is 4.74 Å². The molecule has 64 valence electrons. The van der Waals surface area contributed by atoms with E-state index in [1.807, 2.05) is 27.7 Å². The SMILES string of the molecule is CCO[C@@H]1[C@H](C)C(=O)C1(C)C. The molecule has 2 nitrogen and oxygen atoms in total. The molecule has 0 saturated heterocycles. The van der Waals surface area contributed by atoms with Crippen LogP contribution in [0.4, 0.5) is 0 Å². The molecule has 1 aliphatic carbocycles. The number of rotatable bonds is 2. The average molecular weight is 156 g/mol. The number of hydrogen-bond donors (Lipinski definition) is 0. The highest BCUT2D eigenvalue weighted by molar-refractivity contribution is 5.93. The van der Waals surface area contributed by atoms with E-state index in [2.05, 4.69) is 0 Å². The van der Waals surface area contributed by atoms with Gasteiger partial charge in [0.05, 0.1) is 11.5 Å². The summed E-state index contributed by atoms with van der Waals surface area (Å²) in [5.74, 6) is 0.431. The first-order chi connectivity index (χ1) is 5.01. The summed E-state index contributed by atoms with van der Waals surface area (Å²) >= 11 is 0. The lowest BCUT2D eigenvalue weighted by Gasteiger charge is -2.47. The molecule has 2 atom stereocenters. The Bertz CT molecular complexity index is 172. The minimum absolute atomic E-state index is 0.102. The molecule has 1 fully saturated rings. The van der Waals surface area contributed by atoms with Crippen LogP contribution in [0.5, 0.6) is 0 Å². The van der Waals surface area contributed by atoms with Crippen molar-refractivity contribution in [2.24, 2.45) is 11.3 Å². The van der Waals surface area contributed by atoms with Gasteiger partial charge in [0.1, 0.15) is 5.78 Å². The van der Waals surface area contributed by atoms with E-state index in [0.29, 0.717) is 12.4 Å². The Morgan fingerprint density at radius 1 is 1.55 bits per heavy atom. The van der Waals surface area contributed by atoms with Crippen LogP contribution >= 0.6 is 0 Å². The zero-order valence-corrected chi connectivity index (χ0v) is 7.68. The molecular weight excluding hydrogens is 140 g/mol. The third-order valence-electron chi connectivity index (χ3n) is 2.56. The van der Waals surface area contributed by atoms with Crippen molar-refractivity contribution in [3.8, 4) is 0 Å². The molecule has 1 saturated carbocycles. The monoisotopic (exact) mass is 156 g/mol. The molecule has 1 rings (SSSR count). The van der Waals surface area contributed by atoms with Gasteiger partial charge in [0.15, 0.2) is 0 Å². The highest BCUT2D eigenvalue weighted by Gasteiger charge is 2.54. The molecule has 11 heavy (non-hydrogen) atoms. The molecule has 0 heterocycles. The summed E-state index contributed by atoms with van der Waals surface area (Å²) in [4.78, 5) is 11.3. The van der Waals surface area contributed by atoms with Crippen molar-refractivity contribution < 1.29 is 9.53 Å². The van der Waals surface area contributed by atoms with Crippen LogP contribution in [0.3, 0.4) is 0 Å². The van der Waals surface area contributed by atoms with Crippen LogP contribution in [0.2, 0.25) is 0 Å². The maximum absolute atomic E-state index is 11.3. The number of ether oxygens (including phenoxy) is 1. The summed E-state index contributed by atoms with van der Waals surface area (Å²) in [6.45, 7) is 8.51. The van der Waals surface area contributed by atoms with Crippen LogP contribution in [-0.4, -0.2) is 18.5 Å². The van der Waals surface area contributed by atoms with Gasteiger partial charge in [-0.2, -0.15) is 0 Å². The number of carbonyl (C=O) groups excluding carboxylic acids is 1. The maximum Gasteiger partial charge on any atom is 0.146 e. The third-order valence-corrected chi connectivity index (χ3v) is 2.56. The van der Waals surface area contributed by atoms with Crippen molar-refractivity contribution in [3.63, 3.8) is 0 Å². The second kappa shape index (κ2) is 2.59. The second-order valence-electron chi connectivity index (χ2n) is 3.75. The molecular formula is C9H16O2. The maximum atomic E-state index is 11.3. The van der Waals surface area contributed by atoms with Gasteiger partial charge in [-0.05, 0) is 6.92 Å². The highest BCUT2D eigenvalue weighted by Crippen LogP contribution is 2.43. The first-order valence-electron chi connectivity index (χ1n) is 4.17. The van der Waals surface area contributed by atoms with Gasteiger partial charge in [0.25, 0.3) is 0 Å². The average Bonchev–Trinajstić information content (AvgIpc) is 1.98. The van der Waals surface area contributed by atoms with E-state index in [0.717, 1.165) is 0 Å². The summed E-state index contributed by atoms with van der Waals surface area (Å²) in [6.07, 6.45) is 0.139. The quantitative estimate of drug-likeness (QED) is 0.607. The van der Waals surface area contributed by atoms with E-state index >= 15 is 0 Å². The highest BCUT2D eigenvalue weighted by atomic mass is 16.5. The van der Waals surface area contributed by atoms with Crippen molar-refractivity contribution >= 4 is 5.78 Å². The molecule has 0 bridgehead atoms. The smallest absolute Gasteiger partial charge is 0.146 e. The van der Waals surface area contributed by atoms with Gasteiger partial charge in [0.2, 0.25) is 0 Å². The Kier molecular flexibility index (Phi) is 2.06. The van der Waals surface area contributed by atoms with Gasteiger partial charge in [-0.25, -0.2) is 0 Å². The van der Waals surface area contributed by atoms with Gasteiger partial charge in [0, 0.05) is 12.5 Å².